The largest absolute Gasteiger partial charge is 0.416 e. The zero-order valence-corrected chi connectivity index (χ0v) is 11.5. The quantitative estimate of drug-likeness (QED) is 0.869. The van der Waals surface area contributed by atoms with Gasteiger partial charge in [-0.05, 0) is 30.0 Å². The summed E-state index contributed by atoms with van der Waals surface area (Å²) in [7, 11) is 1.82. The number of hydrogen-bond donors (Lipinski definition) is 1. The molecule has 1 atom stereocenters. The second kappa shape index (κ2) is 6.48. The Balaban J connectivity index is 2.76. The van der Waals surface area contributed by atoms with Crippen molar-refractivity contribution in [1.29, 1.82) is 0 Å². The van der Waals surface area contributed by atoms with E-state index in [2.05, 4.69) is 19.2 Å². The van der Waals surface area contributed by atoms with Gasteiger partial charge in [0, 0.05) is 11.8 Å². The second-order valence-electron chi connectivity index (χ2n) is 4.34. The van der Waals surface area contributed by atoms with E-state index >= 15 is 0 Å². The molecule has 0 aliphatic rings. The Bertz CT molecular complexity index is 359. The molecule has 1 nitrogen and oxygen atoms in total. The first-order valence-corrected chi connectivity index (χ1v) is 6.85. The zero-order valence-electron chi connectivity index (χ0n) is 10.7. The molecule has 0 saturated heterocycles. The van der Waals surface area contributed by atoms with Crippen LogP contribution in [-0.2, 0) is 6.18 Å². The van der Waals surface area contributed by atoms with Crippen LogP contribution in [0.2, 0.25) is 0 Å². The fourth-order valence-electron chi connectivity index (χ4n) is 1.54. The zero-order chi connectivity index (χ0) is 13.8. The van der Waals surface area contributed by atoms with E-state index in [1.807, 2.05) is 7.05 Å². The Morgan fingerprint density at radius 1 is 1.17 bits per heavy atom. The van der Waals surface area contributed by atoms with Crippen molar-refractivity contribution in [3.63, 3.8) is 0 Å². The molecule has 18 heavy (non-hydrogen) atoms. The predicted octanol–water partition coefficient (Wildman–Crippen LogP) is 4.11. The minimum Gasteiger partial charge on any atom is -0.312 e. The van der Waals surface area contributed by atoms with Crippen molar-refractivity contribution in [2.45, 2.75) is 31.3 Å². The standard InChI is InChI=1S/C13H18F3NS/c1-9(2)18-8-12(17-3)10-4-6-11(7-5-10)13(14,15)16/h4-7,9,12,17H,8H2,1-3H3. The SMILES string of the molecule is CNC(CSC(C)C)c1ccc(C(F)(F)F)cc1. The van der Waals surface area contributed by atoms with Gasteiger partial charge in [-0.2, -0.15) is 24.9 Å². The molecule has 0 aliphatic heterocycles. The summed E-state index contributed by atoms with van der Waals surface area (Å²) in [5, 5.41) is 3.64. The number of thioether (sulfide) groups is 1. The number of halogens is 3. The first-order chi connectivity index (χ1) is 8.34. The molecule has 102 valence electrons. The van der Waals surface area contributed by atoms with E-state index in [4.69, 9.17) is 0 Å². The molecule has 0 spiro atoms. The monoisotopic (exact) mass is 277 g/mol. The Kier molecular flexibility index (Phi) is 5.53. The molecule has 0 amide bonds. The molecule has 0 aromatic heterocycles. The van der Waals surface area contributed by atoms with Gasteiger partial charge < -0.3 is 5.32 Å². The molecule has 1 N–H and O–H groups in total. The van der Waals surface area contributed by atoms with Crippen LogP contribution >= 0.6 is 11.8 Å². The topological polar surface area (TPSA) is 12.0 Å². The van der Waals surface area contributed by atoms with Gasteiger partial charge >= 0.3 is 6.18 Å². The van der Waals surface area contributed by atoms with E-state index < -0.39 is 11.7 Å². The average molecular weight is 277 g/mol. The minimum absolute atomic E-state index is 0.0830. The Morgan fingerprint density at radius 2 is 1.72 bits per heavy atom. The van der Waals surface area contributed by atoms with Crippen molar-refractivity contribution >= 4 is 11.8 Å². The van der Waals surface area contributed by atoms with E-state index in [1.54, 1.807) is 23.9 Å². The lowest BCUT2D eigenvalue weighted by atomic mass is 10.1. The second-order valence-corrected chi connectivity index (χ2v) is 5.95. The van der Waals surface area contributed by atoms with E-state index in [-0.39, 0.29) is 6.04 Å². The maximum absolute atomic E-state index is 12.4. The first kappa shape index (κ1) is 15.4. The summed E-state index contributed by atoms with van der Waals surface area (Å²) in [5.41, 5.74) is 0.288. The van der Waals surface area contributed by atoms with Crippen LogP contribution in [0.4, 0.5) is 13.2 Å². The van der Waals surface area contributed by atoms with Crippen LogP contribution in [0, 0.1) is 0 Å². The van der Waals surface area contributed by atoms with Crippen LogP contribution in [0.1, 0.15) is 31.0 Å². The van der Waals surface area contributed by atoms with Gasteiger partial charge in [0.1, 0.15) is 0 Å². The van der Waals surface area contributed by atoms with Gasteiger partial charge in [0.05, 0.1) is 5.56 Å². The van der Waals surface area contributed by atoms with Crippen LogP contribution < -0.4 is 5.32 Å². The highest BCUT2D eigenvalue weighted by Gasteiger charge is 2.30. The van der Waals surface area contributed by atoms with Crippen LogP contribution in [-0.4, -0.2) is 18.1 Å². The molecule has 1 aromatic carbocycles. The van der Waals surface area contributed by atoms with Gasteiger partial charge in [0.15, 0.2) is 0 Å². The summed E-state index contributed by atoms with van der Waals surface area (Å²) < 4.78 is 37.3. The molecule has 5 heteroatoms. The molecule has 0 fully saturated rings. The van der Waals surface area contributed by atoms with Crippen molar-refractivity contribution in [3.8, 4) is 0 Å². The molecule has 0 heterocycles. The van der Waals surface area contributed by atoms with E-state index in [1.165, 1.54) is 0 Å². The van der Waals surface area contributed by atoms with Gasteiger partial charge in [0.2, 0.25) is 0 Å². The number of rotatable bonds is 5. The normalized spacial score (nSPS) is 13.9. The van der Waals surface area contributed by atoms with Gasteiger partial charge in [-0.25, -0.2) is 0 Å². The number of benzene rings is 1. The molecule has 0 radical (unpaired) electrons. The summed E-state index contributed by atoms with van der Waals surface area (Å²) in [6, 6.07) is 5.45. The fourth-order valence-corrected chi connectivity index (χ4v) is 2.48. The van der Waals surface area contributed by atoms with Gasteiger partial charge in [0.25, 0.3) is 0 Å². The van der Waals surface area contributed by atoms with Crippen LogP contribution in [0.25, 0.3) is 0 Å². The highest BCUT2D eigenvalue weighted by Crippen LogP contribution is 2.30. The van der Waals surface area contributed by atoms with Gasteiger partial charge in [-0.1, -0.05) is 26.0 Å². The molecule has 1 unspecified atom stereocenters. The summed E-state index contributed by atoms with van der Waals surface area (Å²) in [5.74, 6) is 0.847. The lowest BCUT2D eigenvalue weighted by molar-refractivity contribution is -0.137. The molecule has 0 bridgehead atoms. The first-order valence-electron chi connectivity index (χ1n) is 5.80. The van der Waals surface area contributed by atoms with Crippen LogP contribution in [0.5, 0.6) is 0 Å². The van der Waals surface area contributed by atoms with E-state index in [0.29, 0.717) is 5.25 Å². The number of alkyl halides is 3. The maximum Gasteiger partial charge on any atom is 0.416 e. The van der Waals surface area contributed by atoms with Crippen LogP contribution in [0.15, 0.2) is 24.3 Å². The molecule has 1 aromatic rings. The smallest absolute Gasteiger partial charge is 0.312 e. The van der Waals surface area contributed by atoms with Crippen molar-refractivity contribution in [3.05, 3.63) is 35.4 Å². The van der Waals surface area contributed by atoms with E-state index in [9.17, 15) is 13.2 Å². The van der Waals surface area contributed by atoms with Gasteiger partial charge in [-0.3, -0.25) is 0 Å². The van der Waals surface area contributed by atoms with Crippen molar-refractivity contribution in [2.75, 3.05) is 12.8 Å². The Labute approximate surface area is 110 Å². The highest BCUT2D eigenvalue weighted by molar-refractivity contribution is 7.99. The fraction of sp³-hybridized carbons (Fsp3) is 0.538. The molecule has 0 aliphatic carbocycles. The predicted molar refractivity (Wildman–Crippen MR) is 70.8 cm³/mol. The Morgan fingerprint density at radius 3 is 2.11 bits per heavy atom. The van der Waals surface area contributed by atoms with Gasteiger partial charge in [-0.15, -0.1) is 0 Å². The third-order valence-electron chi connectivity index (χ3n) is 2.59. The number of hydrogen-bond acceptors (Lipinski definition) is 2. The summed E-state index contributed by atoms with van der Waals surface area (Å²) >= 11 is 1.78. The summed E-state index contributed by atoms with van der Waals surface area (Å²) in [4.78, 5) is 0. The number of nitrogens with one attached hydrogen (secondary N) is 1. The lowest BCUT2D eigenvalue weighted by Gasteiger charge is -2.18. The van der Waals surface area contributed by atoms with Crippen molar-refractivity contribution < 1.29 is 13.2 Å². The van der Waals surface area contributed by atoms with Crippen molar-refractivity contribution in [1.82, 2.24) is 5.32 Å². The molecule has 0 saturated carbocycles. The average Bonchev–Trinajstić information content (AvgIpc) is 2.29. The summed E-state index contributed by atoms with van der Waals surface area (Å²) in [6.07, 6.45) is -4.26. The third-order valence-corrected chi connectivity index (χ3v) is 3.78. The lowest BCUT2D eigenvalue weighted by Crippen LogP contribution is -2.19. The van der Waals surface area contributed by atoms with Crippen LogP contribution in [0.3, 0.4) is 0 Å². The third kappa shape index (κ3) is 4.53. The molecular formula is C13H18F3NS. The van der Waals surface area contributed by atoms with E-state index in [0.717, 1.165) is 23.4 Å². The minimum atomic E-state index is -4.26. The summed E-state index contributed by atoms with van der Waals surface area (Å²) in [6.45, 7) is 4.20. The highest BCUT2D eigenvalue weighted by atomic mass is 32.2. The Hall–Kier alpha value is -0.680. The molecule has 1 rings (SSSR count). The van der Waals surface area contributed by atoms with Crippen molar-refractivity contribution in [2.24, 2.45) is 0 Å². The molecular weight excluding hydrogens is 259 g/mol. The maximum atomic E-state index is 12.4.